The highest BCUT2D eigenvalue weighted by atomic mass is 16.4. The van der Waals surface area contributed by atoms with E-state index in [1.807, 2.05) is 0 Å². The molecule has 0 aliphatic carbocycles. The molecule has 0 saturated heterocycles. The maximum absolute atomic E-state index is 9.98. The molecule has 0 aromatic heterocycles. The molecule has 0 fully saturated rings. The number of carboxylic acids is 1. The van der Waals surface area contributed by atoms with E-state index in [0.29, 0.717) is 0 Å². The van der Waals surface area contributed by atoms with E-state index < -0.39 is 37.0 Å². The molecule has 78 valence electrons. The van der Waals surface area contributed by atoms with Crippen molar-refractivity contribution in [2.45, 2.75) is 24.4 Å². The van der Waals surface area contributed by atoms with Gasteiger partial charge in [-0.3, -0.25) is 0 Å². The van der Waals surface area contributed by atoms with Gasteiger partial charge in [0.2, 0.25) is 0 Å². The molecule has 0 aromatic carbocycles. The van der Waals surface area contributed by atoms with E-state index in [4.69, 9.17) is 25.5 Å². The van der Waals surface area contributed by atoms with Crippen molar-refractivity contribution in [1.82, 2.24) is 0 Å². The zero-order valence-electron chi connectivity index (χ0n) is 6.57. The van der Waals surface area contributed by atoms with Crippen molar-refractivity contribution < 1.29 is 35.4 Å². The Balaban J connectivity index is 4.24. The van der Waals surface area contributed by atoms with E-state index in [2.05, 4.69) is 0 Å². The third-order valence-electron chi connectivity index (χ3n) is 1.50. The Labute approximate surface area is 73.5 Å². The van der Waals surface area contributed by atoms with Gasteiger partial charge in [-0.15, -0.1) is 0 Å². The summed E-state index contributed by atoms with van der Waals surface area (Å²) in [5.74, 6) is -1.98. The third kappa shape index (κ3) is 3.25. The fraction of sp³-hybridized carbons (Fsp3) is 0.833. The molecule has 0 saturated carbocycles. The summed E-state index contributed by atoms with van der Waals surface area (Å²) >= 11 is 0. The number of rotatable bonds is 5. The molecule has 0 rings (SSSR count). The number of carbonyl (C=O) groups is 1. The molecule has 7 heteroatoms. The molecule has 0 spiro atoms. The Morgan fingerprint density at radius 3 is 1.92 bits per heavy atom. The zero-order chi connectivity index (χ0) is 10.6. The summed E-state index contributed by atoms with van der Waals surface area (Å²) in [5, 5.41) is 53.4. The van der Waals surface area contributed by atoms with E-state index in [-0.39, 0.29) is 0 Å². The lowest BCUT2D eigenvalue weighted by Crippen LogP contribution is -2.52. The van der Waals surface area contributed by atoms with Gasteiger partial charge in [-0.1, -0.05) is 0 Å². The SMILES string of the molecule is O=C([O-])[C@H](O)[C@H](O)[C@H](O)[C@H](O)CO. The largest absolute Gasteiger partial charge is 0.547 e. The van der Waals surface area contributed by atoms with Crippen LogP contribution in [0.5, 0.6) is 0 Å². The Hall–Kier alpha value is -0.730. The molecule has 0 aliphatic heterocycles. The number of aliphatic hydroxyl groups excluding tert-OH is 5. The predicted molar refractivity (Wildman–Crippen MR) is 36.1 cm³/mol. The van der Waals surface area contributed by atoms with E-state index in [1.165, 1.54) is 0 Å². The summed E-state index contributed by atoms with van der Waals surface area (Å²) in [6, 6.07) is 0. The van der Waals surface area contributed by atoms with Crippen LogP contribution in [0.25, 0.3) is 0 Å². The number of hydrogen-bond donors (Lipinski definition) is 5. The second-order valence-electron chi connectivity index (χ2n) is 2.49. The first-order valence-electron chi connectivity index (χ1n) is 3.45. The van der Waals surface area contributed by atoms with Crippen LogP contribution in [0.3, 0.4) is 0 Å². The van der Waals surface area contributed by atoms with E-state index in [0.717, 1.165) is 0 Å². The topological polar surface area (TPSA) is 141 Å². The van der Waals surface area contributed by atoms with Crippen LogP contribution in [0.1, 0.15) is 0 Å². The van der Waals surface area contributed by atoms with Crippen molar-refractivity contribution in [3.8, 4) is 0 Å². The Bertz CT molecular complexity index is 170. The molecule has 0 heterocycles. The molecular formula is C6H11O7-. The van der Waals surface area contributed by atoms with Gasteiger partial charge in [0.1, 0.15) is 24.4 Å². The Morgan fingerprint density at radius 1 is 1.15 bits per heavy atom. The smallest absolute Gasteiger partial charge is 0.122 e. The molecule has 0 unspecified atom stereocenters. The zero-order valence-corrected chi connectivity index (χ0v) is 6.57. The maximum Gasteiger partial charge on any atom is 0.122 e. The van der Waals surface area contributed by atoms with Gasteiger partial charge in [0.15, 0.2) is 0 Å². The van der Waals surface area contributed by atoms with Crippen LogP contribution in [-0.4, -0.2) is 62.5 Å². The Kier molecular flexibility index (Phi) is 4.81. The van der Waals surface area contributed by atoms with Crippen molar-refractivity contribution in [3.05, 3.63) is 0 Å². The van der Waals surface area contributed by atoms with Crippen LogP contribution < -0.4 is 5.11 Å². The van der Waals surface area contributed by atoms with Crippen LogP contribution >= 0.6 is 0 Å². The first-order valence-corrected chi connectivity index (χ1v) is 3.45. The third-order valence-corrected chi connectivity index (χ3v) is 1.50. The molecule has 0 aliphatic rings. The van der Waals surface area contributed by atoms with Crippen LogP contribution in [0.4, 0.5) is 0 Å². The number of aliphatic carboxylic acids is 1. The average molecular weight is 195 g/mol. The first kappa shape index (κ1) is 12.3. The van der Waals surface area contributed by atoms with Crippen LogP contribution in [0.2, 0.25) is 0 Å². The van der Waals surface area contributed by atoms with Gasteiger partial charge in [-0.05, 0) is 0 Å². The summed E-state index contributed by atoms with van der Waals surface area (Å²) in [5.41, 5.74) is 0. The fourth-order valence-electron chi connectivity index (χ4n) is 0.662. The molecule has 7 nitrogen and oxygen atoms in total. The highest BCUT2D eigenvalue weighted by Crippen LogP contribution is 2.04. The minimum Gasteiger partial charge on any atom is -0.547 e. The lowest BCUT2D eigenvalue weighted by atomic mass is 10.0. The van der Waals surface area contributed by atoms with Crippen molar-refractivity contribution in [3.63, 3.8) is 0 Å². The van der Waals surface area contributed by atoms with Gasteiger partial charge in [-0.25, -0.2) is 0 Å². The fourth-order valence-corrected chi connectivity index (χ4v) is 0.662. The lowest BCUT2D eigenvalue weighted by Gasteiger charge is -2.25. The molecule has 0 radical (unpaired) electrons. The van der Waals surface area contributed by atoms with Gasteiger partial charge < -0.3 is 35.4 Å². The minimum absolute atomic E-state index is 0.863. The summed E-state index contributed by atoms with van der Waals surface area (Å²) in [6.45, 7) is -0.863. The number of carboxylic acid groups (broad SMARTS) is 1. The standard InChI is InChI=1S/C6H12O7/c7-1-2(8)3(9)4(10)5(11)6(12)13/h2-5,7-11H,1H2,(H,12,13)/p-1/t2-,3-,4-,5-/m1/s1. The monoisotopic (exact) mass is 195 g/mol. The summed E-state index contributed by atoms with van der Waals surface area (Å²) in [6.07, 6.45) is -8.08. The molecule has 0 bridgehead atoms. The van der Waals surface area contributed by atoms with Gasteiger partial charge in [0.25, 0.3) is 0 Å². The van der Waals surface area contributed by atoms with Gasteiger partial charge in [0, 0.05) is 0 Å². The van der Waals surface area contributed by atoms with Gasteiger partial charge in [-0.2, -0.15) is 0 Å². The summed E-state index contributed by atoms with van der Waals surface area (Å²) < 4.78 is 0. The van der Waals surface area contributed by atoms with Crippen LogP contribution in [0, 0.1) is 0 Å². The molecule has 5 N–H and O–H groups in total. The second-order valence-corrected chi connectivity index (χ2v) is 2.49. The Morgan fingerprint density at radius 2 is 1.62 bits per heavy atom. The summed E-state index contributed by atoms with van der Waals surface area (Å²) in [7, 11) is 0. The van der Waals surface area contributed by atoms with Crippen molar-refractivity contribution in [2.75, 3.05) is 6.61 Å². The van der Waals surface area contributed by atoms with Crippen LogP contribution in [0.15, 0.2) is 0 Å². The van der Waals surface area contributed by atoms with E-state index in [1.54, 1.807) is 0 Å². The molecular weight excluding hydrogens is 184 g/mol. The number of carbonyl (C=O) groups excluding carboxylic acids is 1. The number of aliphatic hydroxyl groups is 5. The minimum atomic E-state index is -2.31. The van der Waals surface area contributed by atoms with E-state index >= 15 is 0 Å². The van der Waals surface area contributed by atoms with Crippen molar-refractivity contribution in [2.24, 2.45) is 0 Å². The first-order chi connectivity index (χ1) is 5.91. The van der Waals surface area contributed by atoms with Crippen molar-refractivity contribution >= 4 is 5.97 Å². The molecule has 0 aromatic rings. The molecule has 4 atom stereocenters. The average Bonchev–Trinajstić information content (AvgIpc) is 2.12. The summed E-state index contributed by atoms with van der Waals surface area (Å²) in [4.78, 5) is 9.98. The normalized spacial score (nSPS) is 20.4. The van der Waals surface area contributed by atoms with E-state index in [9.17, 15) is 9.90 Å². The van der Waals surface area contributed by atoms with Crippen LogP contribution in [-0.2, 0) is 4.79 Å². The predicted octanol–water partition coefficient (Wildman–Crippen LogP) is -4.83. The number of hydrogen-bond acceptors (Lipinski definition) is 7. The van der Waals surface area contributed by atoms with Crippen molar-refractivity contribution in [1.29, 1.82) is 0 Å². The molecule has 13 heavy (non-hydrogen) atoms. The quantitative estimate of drug-likeness (QED) is 0.296. The maximum atomic E-state index is 9.98. The lowest BCUT2D eigenvalue weighted by molar-refractivity contribution is -0.320. The highest BCUT2D eigenvalue weighted by Gasteiger charge is 2.30. The van der Waals surface area contributed by atoms with Gasteiger partial charge >= 0.3 is 0 Å². The molecule has 0 amide bonds. The second kappa shape index (κ2) is 5.10. The van der Waals surface area contributed by atoms with Gasteiger partial charge in [0.05, 0.1) is 12.6 Å². The highest BCUT2D eigenvalue weighted by molar-refractivity contribution is 5.70.